The second-order valence-electron chi connectivity index (χ2n) is 6.84. The van der Waals surface area contributed by atoms with Crippen molar-refractivity contribution in [1.82, 2.24) is 5.32 Å². The lowest BCUT2D eigenvalue weighted by Gasteiger charge is -2.19. The van der Waals surface area contributed by atoms with Crippen molar-refractivity contribution in [2.24, 2.45) is 5.92 Å². The highest BCUT2D eigenvalue weighted by molar-refractivity contribution is 9.10. The minimum atomic E-state index is -1.15. The van der Waals surface area contributed by atoms with Crippen LogP contribution in [-0.4, -0.2) is 23.0 Å². The first-order valence-corrected chi connectivity index (χ1v) is 10.1. The SMILES string of the molecule is CC[C@H](C)[C@H](NC(=O)c1cc(=O)c2c(Oc3ccc(Br)cc3)cccc2o1)C(=O)O. The average molecular weight is 474 g/mol. The number of halogens is 1. The van der Waals surface area contributed by atoms with Gasteiger partial charge in [-0.2, -0.15) is 0 Å². The van der Waals surface area contributed by atoms with E-state index in [2.05, 4.69) is 21.2 Å². The molecule has 0 aliphatic carbocycles. The summed E-state index contributed by atoms with van der Waals surface area (Å²) in [6.07, 6.45) is 0.565. The van der Waals surface area contributed by atoms with Gasteiger partial charge < -0.3 is 19.6 Å². The van der Waals surface area contributed by atoms with Crippen molar-refractivity contribution >= 4 is 38.8 Å². The molecule has 30 heavy (non-hydrogen) atoms. The summed E-state index contributed by atoms with van der Waals surface area (Å²) in [7, 11) is 0. The number of carbonyl (C=O) groups is 2. The van der Waals surface area contributed by atoms with Crippen molar-refractivity contribution in [2.75, 3.05) is 0 Å². The molecule has 0 unspecified atom stereocenters. The number of rotatable bonds is 7. The number of hydrogen-bond acceptors (Lipinski definition) is 5. The van der Waals surface area contributed by atoms with Gasteiger partial charge in [0.2, 0.25) is 0 Å². The van der Waals surface area contributed by atoms with Gasteiger partial charge in [-0.3, -0.25) is 9.59 Å². The van der Waals surface area contributed by atoms with Gasteiger partial charge in [-0.25, -0.2) is 4.79 Å². The van der Waals surface area contributed by atoms with E-state index in [1.165, 1.54) is 0 Å². The molecular weight excluding hydrogens is 454 g/mol. The Morgan fingerprint density at radius 2 is 1.90 bits per heavy atom. The van der Waals surface area contributed by atoms with Crippen LogP contribution in [0.1, 0.15) is 30.8 Å². The number of carboxylic acid groups (broad SMARTS) is 1. The molecule has 0 fully saturated rings. The van der Waals surface area contributed by atoms with Gasteiger partial charge >= 0.3 is 5.97 Å². The Bertz CT molecular complexity index is 1140. The summed E-state index contributed by atoms with van der Waals surface area (Å²) in [5, 5.41) is 12.0. The van der Waals surface area contributed by atoms with Gasteiger partial charge in [-0.15, -0.1) is 0 Å². The summed E-state index contributed by atoms with van der Waals surface area (Å²) < 4.78 is 12.3. The highest BCUT2D eigenvalue weighted by Crippen LogP contribution is 2.29. The zero-order valence-electron chi connectivity index (χ0n) is 16.3. The van der Waals surface area contributed by atoms with Crippen LogP contribution in [0.5, 0.6) is 11.5 Å². The van der Waals surface area contributed by atoms with E-state index in [1.54, 1.807) is 37.3 Å². The molecule has 3 aromatic rings. The van der Waals surface area contributed by atoms with Crippen LogP contribution in [0.2, 0.25) is 0 Å². The molecule has 156 valence electrons. The quantitative estimate of drug-likeness (QED) is 0.520. The maximum atomic E-state index is 12.7. The van der Waals surface area contributed by atoms with Crippen LogP contribution in [0, 0.1) is 5.92 Å². The monoisotopic (exact) mass is 473 g/mol. The molecule has 2 aromatic carbocycles. The molecule has 1 aromatic heterocycles. The number of aliphatic carboxylic acids is 1. The van der Waals surface area contributed by atoms with Crippen LogP contribution in [0.3, 0.4) is 0 Å². The molecule has 0 saturated heterocycles. The summed E-state index contributed by atoms with van der Waals surface area (Å²) in [6, 6.07) is 11.9. The fourth-order valence-electron chi connectivity index (χ4n) is 2.90. The number of carboxylic acids is 1. The molecule has 3 rings (SSSR count). The molecule has 0 saturated carbocycles. The highest BCUT2D eigenvalue weighted by atomic mass is 79.9. The number of benzene rings is 2. The van der Waals surface area contributed by atoms with Crippen molar-refractivity contribution in [3.8, 4) is 11.5 Å². The Balaban J connectivity index is 1.94. The van der Waals surface area contributed by atoms with Gasteiger partial charge in [0, 0.05) is 10.5 Å². The summed E-state index contributed by atoms with van der Waals surface area (Å²) in [4.78, 5) is 36.7. The predicted octanol–water partition coefficient (Wildman–Crippen LogP) is 4.58. The van der Waals surface area contributed by atoms with Crippen LogP contribution in [0.15, 0.2) is 62.2 Å². The van der Waals surface area contributed by atoms with E-state index in [4.69, 9.17) is 9.15 Å². The van der Waals surface area contributed by atoms with Gasteiger partial charge in [0.1, 0.15) is 28.5 Å². The lowest BCUT2D eigenvalue weighted by molar-refractivity contribution is -0.140. The summed E-state index contributed by atoms with van der Waals surface area (Å²) in [6.45, 7) is 3.55. The Labute approximate surface area is 180 Å². The number of carbonyl (C=O) groups excluding carboxylic acids is 1. The molecule has 2 atom stereocenters. The van der Waals surface area contributed by atoms with E-state index in [0.717, 1.165) is 10.5 Å². The lowest BCUT2D eigenvalue weighted by atomic mass is 9.99. The van der Waals surface area contributed by atoms with Crippen molar-refractivity contribution in [2.45, 2.75) is 26.3 Å². The largest absolute Gasteiger partial charge is 0.480 e. The summed E-state index contributed by atoms with van der Waals surface area (Å²) >= 11 is 3.35. The smallest absolute Gasteiger partial charge is 0.326 e. The zero-order valence-corrected chi connectivity index (χ0v) is 17.9. The van der Waals surface area contributed by atoms with E-state index in [-0.39, 0.29) is 22.6 Å². The minimum absolute atomic E-state index is 0.165. The number of amides is 1. The molecule has 1 amide bonds. The predicted molar refractivity (Wildman–Crippen MR) is 115 cm³/mol. The molecule has 0 radical (unpaired) electrons. The Morgan fingerprint density at radius 1 is 1.20 bits per heavy atom. The molecule has 0 bridgehead atoms. The van der Waals surface area contributed by atoms with E-state index in [0.29, 0.717) is 17.9 Å². The standard InChI is InChI=1S/C22H20BrNO6/c1-3-12(2)20(22(27)28)24-21(26)18-11-15(25)19-16(5-4-6-17(19)30-18)29-14-9-7-13(23)8-10-14/h4-12,20H,3H2,1-2H3,(H,24,26)(H,27,28)/t12-,20-/m0/s1. The second-order valence-corrected chi connectivity index (χ2v) is 7.75. The maximum Gasteiger partial charge on any atom is 0.326 e. The fourth-order valence-corrected chi connectivity index (χ4v) is 3.16. The Kier molecular flexibility index (Phi) is 6.56. The first-order valence-electron chi connectivity index (χ1n) is 9.34. The van der Waals surface area contributed by atoms with Crippen LogP contribution in [0.4, 0.5) is 0 Å². The highest BCUT2D eigenvalue weighted by Gasteiger charge is 2.27. The van der Waals surface area contributed by atoms with Crippen molar-refractivity contribution < 1.29 is 23.8 Å². The Morgan fingerprint density at radius 3 is 2.53 bits per heavy atom. The third-order valence-corrected chi connectivity index (χ3v) is 5.28. The van der Waals surface area contributed by atoms with Gasteiger partial charge in [-0.1, -0.05) is 42.3 Å². The van der Waals surface area contributed by atoms with Crippen molar-refractivity contribution in [1.29, 1.82) is 0 Å². The number of fused-ring (bicyclic) bond motifs is 1. The third kappa shape index (κ3) is 4.71. The molecule has 1 heterocycles. The number of hydrogen-bond donors (Lipinski definition) is 2. The maximum absolute atomic E-state index is 12.7. The first kappa shape index (κ1) is 21.6. The molecule has 0 spiro atoms. The zero-order chi connectivity index (χ0) is 21.8. The molecule has 8 heteroatoms. The summed E-state index contributed by atoms with van der Waals surface area (Å²) in [5.41, 5.74) is -0.304. The average Bonchev–Trinajstić information content (AvgIpc) is 2.72. The van der Waals surface area contributed by atoms with Gasteiger partial charge in [-0.05, 0) is 42.3 Å². The van der Waals surface area contributed by atoms with Crippen molar-refractivity contribution in [3.05, 3.63) is 69.0 Å². The van der Waals surface area contributed by atoms with Gasteiger partial charge in [0.05, 0.1) is 0 Å². The summed E-state index contributed by atoms with van der Waals surface area (Å²) in [5.74, 6) is -1.64. The number of nitrogens with one attached hydrogen (secondary N) is 1. The third-order valence-electron chi connectivity index (χ3n) is 4.75. The minimum Gasteiger partial charge on any atom is -0.480 e. The molecular formula is C22H20BrNO6. The molecule has 0 aliphatic rings. The van der Waals surface area contributed by atoms with E-state index in [9.17, 15) is 19.5 Å². The van der Waals surface area contributed by atoms with E-state index in [1.807, 2.05) is 19.1 Å². The van der Waals surface area contributed by atoms with Crippen LogP contribution < -0.4 is 15.5 Å². The topological polar surface area (TPSA) is 106 Å². The van der Waals surface area contributed by atoms with E-state index >= 15 is 0 Å². The molecule has 0 aliphatic heterocycles. The van der Waals surface area contributed by atoms with Crippen LogP contribution >= 0.6 is 15.9 Å². The molecule has 7 nitrogen and oxygen atoms in total. The Hall–Kier alpha value is -3.13. The van der Waals surface area contributed by atoms with Gasteiger partial charge in [0.25, 0.3) is 5.91 Å². The van der Waals surface area contributed by atoms with Crippen LogP contribution in [0.25, 0.3) is 11.0 Å². The molecule has 2 N–H and O–H groups in total. The fraction of sp³-hybridized carbons (Fsp3) is 0.227. The first-order chi connectivity index (χ1) is 14.3. The van der Waals surface area contributed by atoms with E-state index < -0.39 is 23.3 Å². The second kappa shape index (κ2) is 9.13. The lowest BCUT2D eigenvalue weighted by Crippen LogP contribution is -2.45. The van der Waals surface area contributed by atoms with Gasteiger partial charge in [0.15, 0.2) is 11.2 Å². The normalized spacial score (nSPS) is 12.9. The van der Waals surface area contributed by atoms with Crippen molar-refractivity contribution in [3.63, 3.8) is 0 Å². The van der Waals surface area contributed by atoms with Crippen LogP contribution in [-0.2, 0) is 4.79 Å². The number of ether oxygens (including phenoxy) is 1.